The average molecular weight is 294 g/mol. The molecule has 1 aromatic rings. The average Bonchev–Trinajstić information content (AvgIpc) is 2.65. The third-order valence-corrected chi connectivity index (χ3v) is 4.67. The van der Waals surface area contributed by atoms with Gasteiger partial charge < -0.3 is 5.32 Å². The first kappa shape index (κ1) is 14.8. The van der Waals surface area contributed by atoms with Crippen LogP contribution in [-0.2, 0) is 0 Å². The number of thiophene rings is 1. The second-order valence-electron chi connectivity index (χ2n) is 4.02. The van der Waals surface area contributed by atoms with Crippen molar-refractivity contribution in [3.63, 3.8) is 0 Å². The Bertz CT molecular complexity index is 379. The molecule has 17 heavy (non-hydrogen) atoms. The first-order valence-corrected chi connectivity index (χ1v) is 7.47. The van der Waals surface area contributed by atoms with Crippen molar-refractivity contribution < 1.29 is 4.79 Å². The minimum Gasteiger partial charge on any atom is -0.351 e. The van der Waals surface area contributed by atoms with Gasteiger partial charge in [0.1, 0.15) is 4.88 Å². The molecule has 1 amide bonds. The van der Waals surface area contributed by atoms with Gasteiger partial charge in [0, 0.05) is 12.4 Å². The summed E-state index contributed by atoms with van der Waals surface area (Å²) in [5.41, 5.74) is 0.953. The quantitative estimate of drug-likeness (QED) is 0.786. The molecule has 1 rings (SSSR count). The Kier molecular flexibility index (Phi) is 6.31. The van der Waals surface area contributed by atoms with Crippen LogP contribution in [0.5, 0.6) is 0 Å². The Morgan fingerprint density at radius 2 is 2.29 bits per heavy atom. The summed E-state index contributed by atoms with van der Waals surface area (Å²) in [6.07, 6.45) is 1.94. The summed E-state index contributed by atoms with van der Waals surface area (Å²) in [5, 5.41) is 5.38. The third-order valence-electron chi connectivity index (χ3n) is 2.75. The van der Waals surface area contributed by atoms with E-state index in [1.165, 1.54) is 11.3 Å². The molecule has 0 bridgehead atoms. The fourth-order valence-corrected chi connectivity index (χ4v) is 3.01. The Labute approximate surface area is 116 Å². The lowest BCUT2D eigenvalue weighted by Crippen LogP contribution is -2.29. The Morgan fingerprint density at radius 1 is 1.59 bits per heavy atom. The zero-order valence-corrected chi connectivity index (χ0v) is 12.4. The molecule has 5 heteroatoms. The molecule has 0 aliphatic heterocycles. The SMILES string of the molecule is CCC(CCCl)CNC(=O)c1scc(C)c1Cl. The molecule has 1 atom stereocenters. The van der Waals surface area contributed by atoms with Crippen molar-refractivity contribution in [2.24, 2.45) is 5.92 Å². The Balaban J connectivity index is 2.52. The van der Waals surface area contributed by atoms with E-state index in [0.717, 1.165) is 18.4 Å². The third kappa shape index (κ3) is 4.16. The lowest BCUT2D eigenvalue weighted by atomic mass is 10.0. The van der Waals surface area contributed by atoms with Crippen LogP contribution in [0.4, 0.5) is 0 Å². The molecule has 0 aliphatic rings. The van der Waals surface area contributed by atoms with Crippen LogP contribution in [-0.4, -0.2) is 18.3 Å². The maximum absolute atomic E-state index is 11.9. The molecule has 0 spiro atoms. The van der Waals surface area contributed by atoms with Gasteiger partial charge in [-0.15, -0.1) is 22.9 Å². The van der Waals surface area contributed by atoms with Crippen LogP contribution < -0.4 is 5.32 Å². The normalized spacial score (nSPS) is 12.5. The molecule has 1 unspecified atom stereocenters. The van der Waals surface area contributed by atoms with Gasteiger partial charge in [-0.25, -0.2) is 0 Å². The summed E-state index contributed by atoms with van der Waals surface area (Å²) in [6, 6.07) is 0. The number of rotatable bonds is 6. The molecule has 1 heterocycles. The van der Waals surface area contributed by atoms with E-state index >= 15 is 0 Å². The number of nitrogens with one attached hydrogen (secondary N) is 1. The van der Waals surface area contributed by atoms with Gasteiger partial charge in [-0.2, -0.15) is 0 Å². The predicted octanol–water partition coefficient (Wildman–Crippen LogP) is 4.09. The first-order valence-electron chi connectivity index (χ1n) is 5.67. The fourth-order valence-electron chi connectivity index (χ4n) is 1.51. The van der Waals surface area contributed by atoms with Crippen molar-refractivity contribution in [3.05, 3.63) is 20.8 Å². The van der Waals surface area contributed by atoms with E-state index in [1.54, 1.807) is 0 Å². The highest BCUT2D eigenvalue weighted by molar-refractivity contribution is 7.13. The first-order chi connectivity index (χ1) is 8.10. The number of hydrogen-bond acceptors (Lipinski definition) is 2. The zero-order chi connectivity index (χ0) is 12.8. The predicted molar refractivity (Wildman–Crippen MR) is 75.5 cm³/mol. The van der Waals surface area contributed by atoms with Gasteiger partial charge in [0.25, 0.3) is 5.91 Å². The van der Waals surface area contributed by atoms with Crippen molar-refractivity contribution in [3.8, 4) is 0 Å². The van der Waals surface area contributed by atoms with E-state index in [4.69, 9.17) is 23.2 Å². The monoisotopic (exact) mass is 293 g/mol. The van der Waals surface area contributed by atoms with Crippen LogP contribution in [0.2, 0.25) is 5.02 Å². The Hall–Kier alpha value is -0.250. The number of carbonyl (C=O) groups is 1. The van der Waals surface area contributed by atoms with Gasteiger partial charge in [0.15, 0.2) is 0 Å². The van der Waals surface area contributed by atoms with Gasteiger partial charge in [-0.1, -0.05) is 24.9 Å². The van der Waals surface area contributed by atoms with E-state index < -0.39 is 0 Å². The van der Waals surface area contributed by atoms with Gasteiger partial charge in [-0.05, 0) is 30.2 Å². The van der Waals surface area contributed by atoms with Gasteiger partial charge in [-0.3, -0.25) is 4.79 Å². The van der Waals surface area contributed by atoms with E-state index in [1.807, 2.05) is 12.3 Å². The molecule has 1 aromatic heterocycles. The number of halogens is 2. The molecule has 96 valence electrons. The van der Waals surface area contributed by atoms with Gasteiger partial charge in [0.05, 0.1) is 5.02 Å². The number of alkyl halides is 1. The Morgan fingerprint density at radius 3 is 2.76 bits per heavy atom. The van der Waals surface area contributed by atoms with Crippen LogP contribution in [0.15, 0.2) is 5.38 Å². The van der Waals surface area contributed by atoms with E-state index in [2.05, 4.69) is 12.2 Å². The summed E-state index contributed by atoms with van der Waals surface area (Å²) < 4.78 is 0. The number of carbonyl (C=O) groups excluding carboxylic acids is 1. The largest absolute Gasteiger partial charge is 0.351 e. The maximum Gasteiger partial charge on any atom is 0.262 e. The van der Waals surface area contributed by atoms with Crippen molar-refractivity contribution in [1.82, 2.24) is 5.32 Å². The molecule has 0 fully saturated rings. The fraction of sp³-hybridized carbons (Fsp3) is 0.583. The molecule has 0 saturated carbocycles. The topological polar surface area (TPSA) is 29.1 Å². The smallest absolute Gasteiger partial charge is 0.262 e. The summed E-state index contributed by atoms with van der Waals surface area (Å²) in [5.74, 6) is 0.991. The lowest BCUT2D eigenvalue weighted by Gasteiger charge is -2.13. The van der Waals surface area contributed by atoms with Crippen LogP contribution in [0, 0.1) is 12.8 Å². The standard InChI is InChI=1S/C12H17Cl2NOS/c1-3-9(4-5-13)6-15-12(16)11-10(14)8(2)7-17-11/h7,9H,3-6H2,1-2H3,(H,15,16). The van der Waals surface area contributed by atoms with Crippen LogP contribution in [0.3, 0.4) is 0 Å². The van der Waals surface area contributed by atoms with Gasteiger partial charge in [0.2, 0.25) is 0 Å². The second-order valence-corrected chi connectivity index (χ2v) is 5.66. The summed E-state index contributed by atoms with van der Waals surface area (Å²) in [6.45, 7) is 4.67. The highest BCUT2D eigenvalue weighted by atomic mass is 35.5. The van der Waals surface area contributed by atoms with Gasteiger partial charge >= 0.3 is 0 Å². The van der Waals surface area contributed by atoms with Crippen molar-refractivity contribution in [1.29, 1.82) is 0 Å². The molecular weight excluding hydrogens is 277 g/mol. The van der Waals surface area contributed by atoms with Crippen LogP contribution in [0.25, 0.3) is 0 Å². The minimum absolute atomic E-state index is 0.0823. The number of hydrogen-bond donors (Lipinski definition) is 1. The summed E-state index contributed by atoms with van der Waals surface area (Å²) in [7, 11) is 0. The molecule has 0 aliphatic carbocycles. The zero-order valence-electron chi connectivity index (χ0n) is 10.1. The summed E-state index contributed by atoms with van der Waals surface area (Å²) in [4.78, 5) is 12.5. The van der Waals surface area contributed by atoms with Crippen LogP contribution in [0.1, 0.15) is 35.0 Å². The summed E-state index contributed by atoms with van der Waals surface area (Å²) >= 11 is 13.1. The van der Waals surface area contributed by atoms with Crippen molar-refractivity contribution in [2.45, 2.75) is 26.7 Å². The lowest BCUT2D eigenvalue weighted by molar-refractivity contribution is 0.0950. The van der Waals surface area contributed by atoms with Crippen LogP contribution >= 0.6 is 34.5 Å². The van der Waals surface area contributed by atoms with Crippen molar-refractivity contribution >= 4 is 40.4 Å². The van der Waals surface area contributed by atoms with Crippen molar-refractivity contribution in [2.75, 3.05) is 12.4 Å². The molecule has 1 N–H and O–H groups in total. The van der Waals surface area contributed by atoms with E-state index in [-0.39, 0.29) is 5.91 Å². The highest BCUT2D eigenvalue weighted by Crippen LogP contribution is 2.26. The maximum atomic E-state index is 11.9. The molecular formula is C12H17Cl2NOS. The van der Waals surface area contributed by atoms with E-state index in [9.17, 15) is 4.79 Å². The minimum atomic E-state index is -0.0823. The molecule has 0 saturated heterocycles. The molecule has 2 nitrogen and oxygen atoms in total. The number of aryl methyl sites for hydroxylation is 1. The second kappa shape index (κ2) is 7.24. The highest BCUT2D eigenvalue weighted by Gasteiger charge is 2.15. The molecule has 0 aromatic carbocycles. The number of amides is 1. The van der Waals surface area contributed by atoms with E-state index in [0.29, 0.717) is 28.2 Å². The molecule has 0 radical (unpaired) electrons.